The van der Waals surface area contributed by atoms with E-state index < -0.39 is 0 Å². The minimum absolute atomic E-state index is 0.106. The summed E-state index contributed by atoms with van der Waals surface area (Å²) in [7, 11) is 0. The Bertz CT molecular complexity index is 899. The van der Waals surface area contributed by atoms with Crippen molar-refractivity contribution in [3.63, 3.8) is 0 Å². The number of furan rings is 1. The van der Waals surface area contributed by atoms with Gasteiger partial charge in [0.15, 0.2) is 0 Å². The van der Waals surface area contributed by atoms with Crippen molar-refractivity contribution in [2.45, 2.75) is 39.3 Å². The highest BCUT2D eigenvalue weighted by molar-refractivity contribution is 7.11. The molecule has 0 spiro atoms. The molecule has 2 amide bonds. The van der Waals surface area contributed by atoms with Crippen molar-refractivity contribution in [1.82, 2.24) is 4.90 Å². The third-order valence-electron chi connectivity index (χ3n) is 4.71. The van der Waals surface area contributed by atoms with Crippen LogP contribution in [0.15, 0.2) is 53.1 Å². The van der Waals surface area contributed by atoms with Gasteiger partial charge in [-0.05, 0) is 73.7 Å². The van der Waals surface area contributed by atoms with Crippen LogP contribution in [0.1, 0.15) is 33.1 Å². The lowest BCUT2D eigenvalue weighted by molar-refractivity contribution is 0.202. The van der Waals surface area contributed by atoms with E-state index in [4.69, 9.17) is 4.42 Å². The van der Waals surface area contributed by atoms with E-state index in [2.05, 4.69) is 36.5 Å². The first-order valence-corrected chi connectivity index (χ1v) is 9.74. The van der Waals surface area contributed by atoms with Crippen LogP contribution in [0, 0.1) is 6.92 Å². The van der Waals surface area contributed by atoms with E-state index in [1.807, 2.05) is 18.2 Å². The van der Waals surface area contributed by atoms with E-state index in [1.54, 1.807) is 22.5 Å². The molecule has 4 rings (SSSR count). The molecule has 26 heavy (non-hydrogen) atoms. The number of hydrogen-bond acceptors (Lipinski definition) is 3. The van der Waals surface area contributed by atoms with Crippen LogP contribution in [0.2, 0.25) is 0 Å². The lowest BCUT2D eigenvalue weighted by atomic mass is 10.1. The van der Waals surface area contributed by atoms with E-state index in [1.165, 1.54) is 22.4 Å². The number of hydrogen-bond donors (Lipinski definition) is 1. The van der Waals surface area contributed by atoms with E-state index >= 15 is 0 Å². The van der Waals surface area contributed by atoms with Crippen molar-refractivity contribution >= 4 is 23.1 Å². The molecule has 0 fully saturated rings. The number of aryl methyl sites for hydroxylation is 3. The molecule has 1 N–H and O–H groups in total. The summed E-state index contributed by atoms with van der Waals surface area (Å²) in [6.07, 6.45) is 5.09. The average molecular weight is 366 g/mol. The van der Waals surface area contributed by atoms with Gasteiger partial charge in [-0.3, -0.25) is 0 Å². The lowest BCUT2D eigenvalue weighted by Gasteiger charge is -2.22. The molecule has 2 heterocycles. The quantitative estimate of drug-likeness (QED) is 0.659. The highest BCUT2D eigenvalue weighted by Crippen LogP contribution is 2.25. The first kappa shape index (κ1) is 16.9. The number of benzene rings is 1. The maximum absolute atomic E-state index is 12.9. The van der Waals surface area contributed by atoms with Crippen molar-refractivity contribution in [2.75, 3.05) is 5.32 Å². The maximum atomic E-state index is 12.9. The Kier molecular flexibility index (Phi) is 4.80. The van der Waals surface area contributed by atoms with Gasteiger partial charge in [0.25, 0.3) is 0 Å². The highest BCUT2D eigenvalue weighted by Gasteiger charge is 2.18. The molecule has 0 unspecified atom stereocenters. The highest BCUT2D eigenvalue weighted by atomic mass is 32.1. The van der Waals surface area contributed by atoms with E-state index in [0.29, 0.717) is 13.1 Å². The van der Waals surface area contributed by atoms with Gasteiger partial charge in [0, 0.05) is 15.4 Å². The SMILES string of the molecule is Cc1ccc(CN(Cc2ccco2)C(=O)Nc2ccc3c(c2)CCC3)s1. The first-order valence-electron chi connectivity index (χ1n) is 8.93. The van der Waals surface area contributed by atoms with Crippen LogP contribution in [-0.2, 0) is 25.9 Å². The number of thiophene rings is 1. The number of rotatable bonds is 5. The van der Waals surface area contributed by atoms with Crippen LogP contribution >= 0.6 is 11.3 Å². The lowest BCUT2D eigenvalue weighted by Crippen LogP contribution is -2.33. The molecular formula is C21H22N2O2S. The molecule has 0 saturated heterocycles. The molecule has 2 aromatic heterocycles. The van der Waals surface area contributed by atoms with Gasteiger partial charge in [-0.1, -0.05) is 6.07 Å². The van der Waals surface area contributed by atoms with Gasteiger partial charge >= 0.3 is 6.03 Å². The van der Waals surface area contributed by atoms with Gasteiger partial charge in [0.1, 0.15) is 5.76 Å². The molecule has 1 aromatic carbocycles. The predicted octanol–water partition coefficient (Wildman–Crippen LogP) is 5.37. The van der Waals surface area contributed by atoms with Gasteiger partial charge in [0.05, 0.1) is 19.4 Å². The Balaban J connectivity index is 1.51. The number of carbonyl (C=O) groups excluding carboxylic acids is 1. The Hall–Kier alpha value is -2.53. The van der Waals surface area contributed by atoms with E-state index in [-0.39, 0.29) is 6.03 Å². The van der Waals surface area contributed by atoms with Crippen molar-refractivity contribution in [1.29, 1.82) is 0 Å². The molecule has 1 aliphatic rings. The number of carbonyl (C=O) groups is 1. The van der Waals surface area contributed by atoms with Crippen LogP contribution < -0.4 is 5.32 Å². The third-order valence-corrected chi connectivity index (χ3v) is 5.69. The summed E-state index contributed by atoms with van der Waals surface area (Å²) in [5.41, 5.74) is 3.63. The summed E-state index contributed by atoms with van der Waals surface area (Å²) in [5.74, 6) is 0.780. The molecule has 0 radical (unpaired) electrons. The monoisotopic (exact) mass is 366 g/mol. The van der Waals surface area contributed by atoms with E-state index in [9.17, 15) is 4.79 Å². The minimum Gasteiger partial charge on any atom is -0.467 e. The minimum atomic E-state index is -0.106. The second-order valence-corrected chi connectivity index (χ2v) is 8.09. The smallest absolute Gasteiger partial charge is 0.322 e. The molecule has 0 bridgehead atoms. The molecule has 0 saturated carbocycles. The topological polar surface area (TPSA) is 45.5 Å². The van der Waals surface area contributed by atoms with Crippen LogP contribution in [-0.4, -0.2) is 10.9 Å². The zero-order chi connectivity index (χ0) is 17.9. The van der Waals surface area contributed by atoms with Gasteiger partial charge < -0.3 is 14.6 Å². The number of fused-ring (bicyclic) bond motifs is 1. The van der Waals surface area contributed by atoms with Crippen LogP contribution in [0.3, 0.4) is 0 Å². The summed E-state index contributed by atoms with van der Waals surface area (Å²) in [6, 6.07) is 14.1. The standard InChI is InChI=1S/C21H22N2O2S/c1-15-7-10-20(26-15)14-23(13-19-6-3-11-25-19)21(24)22-18-9-8-16-4-2-5-17(16)12-18/h3,6-12H,2,4-5,13-14H2,1H3,(H,22,24). The molecule has 3 aromatic rings. The second kappa shape index (κ2) is 7.38. The normalized spacial score (nSPS) is 12.8. The summed E-state index contributed by atoms with van der Waals surface area (Å²) >= 11 is 1.72. The van der Waals surface area contributed by atoms with Gasteiger partial charge in [-0.15, -0.1) is 11.3 Å². The zero-order valence-corrected chi connectivity index (χ0v) is 15.6. The van der Waals surface area contributed by atoms with Crippen molar-refractivity contribution < 1.29 is 9.21 Å². The Morgan fingerprint density at radius 1 is 1.15 bits per heavy atom. The van der Waals surface area contributed by atoms with Crippen molar-refractivity contribution in [3.05, 3.63) is 75.4 Å². The summed E-state index contributed by atoms with van der Waals surface area (Å²) in [6.45, 7) is 3.09. The summed E-state index contributed by atoms with van der Waals surface area (Å²) in [5, 5.41) is 3.06. The van der Waals surface area contributed by atoms with Gasteiger partial charge in [-0.2, -0.15) is 0 Å². The average Bonchev–Trinajstić information content (AvgIpc) is 3.36. The maximum Gasteiger partial charge on any atom is 0.322 e. The number of anilines is 1. The zero-order valence-electron chi connectivity index (χ0n) is 14.8. The molecule has 1 aliphatic carbocycles. The summed E-state index contributed by atoms with van der Waals surface area (Å²) < 4.78 is 5.45. The fourth-order valence-electron chi connectivity index (χ4n) is 3.40. The van der Waals surface area contributed by atoms with Crippen molar-refractivity contribution in [2.24, 2.45) is 0 Å². The first-order chi connectivity index (χ1) is 12.7. The van der Waals surface area contributed by atoms with Crippen LogP contribution in [0.25, 0.3) is 0 Å². The predicted molar refractivity (Wildman–Crippen MR) is 104 cm³/mol. The third kappa shape index (κ3) is 3.83. The second-order valence-electron chi connectivity index (χ2n) is 6.71. The molecule has 0 atom stereocenters. The van der Waals surface area contributed by atoms with Crippen LogP contribution in [0.5, 0.6) is 0 Å². The van der Waals surface area contributed by atoms with Gasteiger partial charge in [0.2, 0.25) is 0 Å². The number of nitrogens with one attached hydrogen (secondary N) is 1. The molecular weight excluding hydrogens is 344 g/mol. The number of urea groups is 1. The Morgan fingerprint density at radius 2 is 2.04 bits per heavy atom. The largest absolute Gasteiger partial charge is 0.467 e. The Morgan fingerprint density at radius 3 is 2.81 bits per heavy atom. The van der Waals surface area contributed by atoms with Crippen molar-refractivity contribution in [3.8, 4) is 0 Å². The number of amides is 2. The molecule has 5 heteroatoms. The van der Waals surface area contributed by atoms with Crippen LogP contribution in [0.4, 0.5) is 10.5 Å². The van der Waals surface area contributed by atoms with E-state index in [0.717, 1.165) is 29.2 Å². The molecule has 0 aliphatic heterocycles. The fourth-order valence-corrected chi connectivity index (χ4v) is 4.31. The number of nitrogens with zero attached hydrogens (tertiary/aromatic N) is 1. The summed E-state index contributed by atoms with van der Waals surface area (Å²) in [4.78, 5) is 17.1. The molecule has 4 nitrogen and oxygen atoms in total. The molecule has 134 valence electrons. The Labute approximate surface area is 157 Å². The fraction of sp³-hybridized carbons (Fsp3) is 0.286. The van der Waals surface area contributed by atoms with Gasteiger partial charge in [-0.25, -0.2) is 4.79 Å².